The third kappa shape index (κ3) is 4.30. The van der Waals surface area contributed by atoms with Crippen LogP contribution < -0.4 is 4.74 Å². The van der Waals surface area contributed by atoms with Crippen LogP contribution in [0.5, 0.6) is 5.88 Å². The summed E-state index contributed by atoms with van der Waals surface area (Å²) in [6.07, 6.45) is -0.123. The van der Waals surface area contributed by atoms with Gasteiger partial charge in [0.25, 0.3) is 0 Å². The topological polar surface area (TPSA) is 62.7 Å². The second-order valence-electron chi connectivity index (χ2n) is 5.40. The van der Waals surface area contributed by atoms with Gasteiger partial charge in [-0.15, -0.1) is 12.4 Å². The molecule has 2 heterocycles. The molecule has 23 heavy (non-hydrogen) atoms. The number of aromatic nitrogens is 1. The Morgan fingerprint density at radius 2 is 2.22 bits per heavy atom. The summed E-state index contributed by atoms with van der Waals surface area (Å²) in [5, 5.41) is 9.72. The number of rotatable bonds is 5. The van der Waals surface area contributed by atoms with Gasteiger partial charge in [0.15, 0.2) is 0 Å². The van der Waals surface area contributed by atoms with Gasteiger partial charge < -0.3 is 9.84 Å². The summed E-state index contributed by atoms with van der Waals surface area (Å²) in [5.74, 6) is -0.467. The second-order valence-corrected chi connectivity index (χ2v) is 5.40. The predicted molar refractivity (Wildman–Crippen MR) is 87.4 cm³/mol. The zero-order chi connectivity index (χ0) is 15.5. The van der Waals surface area contributed by atoms with Crippen molar-refractivity contribution in [3.05, 3.63) is 35.9 Å². The molecule has 1 unspecified atom stereocenters. The van der Waals surface area contributed by atoms with Crippen molar-refractivity contribution in [2.45, 2.75) is 12.6 Å². The van der Waals surface area contributed by atoms with Crippen molar-refractivity contribution in [1.82, 2.24) is 9.88 Å². The Kier molecular flexibility index (Phi) is 5.74. The summed E-state index contributed by atoms with van der Waals surface area (Å²) in [7, 11) is 0. The molecule has 1 atom stereocenters. The summed E-state index contributed by atoms with van der Waals surface area (Å²) in [6, 6.07) is 8.28. The van der Waals surface area contributed by atoms with Crippen LogP contribution in [0.3, 0.4) is 0 Å². The van der Waals surface area contributed by atoms with Gasteiger partial charge >= 0.3 is 5.97 Å². The minimum absolute atomic E-state index is 0. The number of hydrogen-bond donors (Lipinski definition) is 1. The lowest BCUT2D eigenvalue weighted by molar-refractivity contribution is 0.0697. The molecule has 0 aliphatic carbocycles. The number of fused-ring (bicyclic) bond motifs is 1. The van der Waals surface area contributed by atoms with Crippen LogP contribution in [0.2, 0.25) is 0 Å². The molecule has 1 N–H and O–H groups in total. The molecule has 3 rings (SSSR count). The van der Waals surface area contributed by atoms with E-state index in [9.17, 15) is 9.18 Å². The Balaban J connectivity index is 0.00000192. The van der Waals surface area contributed by atoms with Crippen LogP contribution in [-0.4, -0.2) is 53.4 Å². The second kappa shape index (κ2) is 7.57. The minimum Gasteiger partial charge on any atom is -0.478 e. The number of carbonyl (C=O) groups is 1. The highest BCUT2D eigenvalue weighted by atomic mass is 35.5. The van der Waals surface area contributed by atoms with E-state index in [0.29, 0.717) is 37.5 Å². The molecule has 1 aliphatic rings. The summed E-state index contributed by atoms with van der Waals surface area (Å²) in [4.78, 5) is 17.3. The Labute approximate surface area is 139 Å². The van der Waals surface area contributed by atoms with Crippen LogP contribution in [0.25, 0.3) is 10.9 Å². The van der Waals surface area contributed by atoms with E-state index in [1.165, 1.54) is 6.07 Å². The molecule has 0 spiro atoms. The number of alkyl halides is 1. The first-order valence-electron chi connectivity index (χ1n) is 7.25. The smallest absolute Gasteiger partial charge is 0.335 e. The summed E-state index contributed by atoms with van der Waals surface area (Å²) in [6.45, 7) is 2.39. The maximum Gasteiger partial charge on any atom is 0.335 e. The van der Waals surface area contributed by atoms with Gasteiger partial charge in [0.05, 0.1) is 11.1 Å². The number of carboxylic acids is 1. The lowest BCUT2D eigenvalue weighted by Crippen LogP contribution is -2.26. The van der Waals surface area contributed by atoms with E-state index in [1.54, 1.807) is 24.3 Å². The van der Waals surface area contributed by atoms with Crippen LogP contribution in [0.1, 0.15) is 16.8 Å². The molecule has 7 heteroatoms. The third-order valence-electron chi connectivity index (χ3n) is 3.78. The number of nitrogens with zero attached hydrogens (tertiary/aromatic N) is 2. The molecule has 0 bridgehead atoms. The molecular weight excluding hydrogens is 323 g/mol. The molecule has 1 fully saturated rings. The van der Waals surface area contributed by atoms with E-state index >= 15 is 0 Å². The van der Waals surface area contributed by atoms with E-state index in [0.717, 1.165) is 11.9 Å². The van der Waals surface area contributed by atoms with Crippen molar-refractivity contribution in [3.8, 4) is 5.88 Å². The number of ether oxygens (including phenoxy) is 1. The van der Waals surface area contributed by atoms with Gasteiger partial charge in [-0.05, 0) is 30.7 Å². The van der Waals surface area contributed by atoms with Crippen molar-refractivity contribution in [2.24, 2.45) is 0 Å². The number of aromatic carboxylic acids is 1. The Morgan fingerprint density at radius 1 is 1.39 bits per heavy atom. The summed E-state index contributed by atoms with van der Waals surface area (Å²) >= 11 is 0. The Morgan fingerprint density at radius 3 is 2.91 bits per heavy atom. The van der Waals surface area contributed by atoms with E-state index in [4.69, 9.17) is 9.84 Å². The molecule has 0 radical (unpaired) electrons. The lowest BCUT2D eigenvalue weighted by atomic mass is 10.1. The molecule has 124 valence electrons. The quantitative estimate of drug-likeness (QED) is 0.906. The van der Waals surface area contributed by atoms with Crippen LogP contribution in [0, 0.1) is 0 Å². The zero-order valence-electron chi connectivity index (χ0n) is 12.4. The number of likely N-dealkylation sites (tertiary alicyclic amines) is 1. The summed E-state index contributed by atoms with van der Waals surface area (Å²) < 4.78 is 18.6. The van der Waals surface area contributed by atoms with Crippen molar-refractivity contribution in [1.29, 1.82) is 0 Å². The number of pyridine rings is 1. The molecule has 2 aromatic rings. The molecule has 5 nitrogen and oxygen atoms in total. The highest BCUT2D eigenvalue weighted by Gasteiger charge is 2.21. The average Bonchev–Trinajstić information content (AvgIpc) is 2.92. The summed E-state index contributed by atoms with van der Waals surface area (Å²) in [5.41, 5.74) is 0.922. The third-order valence-corrected chi connectivity index (χ3v) is 3.78. The van der Waals surface area contributed by atoms with E-state index < -0.39 is 12.1 Å². The van der Waals surface area contributed by atoms with Gasteiger partial charge in [-0.1, -0.05) is 0 Å². The highest BCUT2D eigenvalue weighted by Crippen LogP contribution is 2.18. The first kappa shape index (κ1) is 17.4. The Hall–Kier alpha value is -1.92. The average molecular weight is 341 g/mol. The molecule has 0 saturated carbocycles. The number of benzene rings is 1. The first-order valence-corrected chi connectivity index (χ1v) is 7.25. The van der Waals surface area contributed by atoms with Crippen LogP contribution >= 0.6 is 12.4 Å². The fourth-order valence-electron chi connectivity index (χ4n) is 2.59. The standard InChI is InChI=1S/C16H17FN2O3.ClH/c17-13-5-6-19(10-13)7-8-22-15-4-2-11-9-12(16(20)21)1-3-14(11)18-15;/h1-4,9,13H,5-8,10H2,(H,20,21);1H. The predicted octanol–water partition coefficient (Wildman–Crippen LogP) is 2.78. The van der Waals surface area contributed by atoms with E-state index in [2.05, 4.69) is 4.98 Å². The number of carboxylic acid groups (broad SMARTS) is 1. The lowest BCUT2D eigenvalue weighted by Gasteiger charge is -2.14. The van der Waals surface area contributed by atoms with Gasteiger partial charge in [0.1, 0.15) is 12.8 Å². The van der Waals surface area contributed by atoms with Crippen molar-refractivity contribution < 1.29 is 19.0 Å². The molecule has 0 amide bonds. The van der Waals surface area contributed by atoms with Crippen LogP contribution in [-0.2, 0) is 0 Å². The first-order chi connectivity index (χ1) is 10.6. The largest absolute Gasteiger partial charge is 0.478 e. The van der Waals surface area contributed by atoms with Gasteiger partial charge in [-0.2, -0.15) is 0 Å². The fraction of sp³-hybridized carbons (Fsp3) is 0.375. The molecule has 1 saturated heterocycles. The molecule has 1 aliphatic heterocycles. The van der Waals surface area contributed by atoms with Crippen molar-refractivity contribution in [3.63, 3.8) is 0 Å². The van der Waals surface area contributed by atoms with Gasteiger partial charge in [-0.25, -0.2) is 14.2 Å². The van der Waals surface area contributed by atoms with Crippen molar-refractivity contribution in [2.75, 3.05) is 26.2 Å². The molecule has 1 aromatic heterocycles. The molecular formula is C16H18ClFN2O3. The van der Waals surface area contributed by atoms with Gasteiger partial charge in [0.2, 0.25) is 5.88 Å². The zero-order valence-corrected chi connectivity index (χ0v) is 13.3. The fourth-order valence-corrected chi connectivity index (χ4v) is 2.59. The van der Waals surface area contributed by atoms with Gasteiger partial charge in [-0.3, -0.25) is 4.90 Å². The normalized spacial score (nSPS) is 17.9. The molecule has 1 aromatic carbocycles. The minimum atomic E-state index is -0.959. The van der Waals surface area contributed by atoms with Crippen LogP contribution in [0.15, 0.2) is 30.3 Å². The van der Waals surface area contributed by atoms with E-state index in [1.807, 2.05) is 4.90 Å². The van der Waals surface area contributed by atoms with Gasteiger partial charge in [0, 0.05) is 31.1 Å². The monoisotopic (exact) mass is 340 g/mol. The van der Waals surface area contributed by atoms with E-state index in [-0.39, 0.29) is 18.0 Å². The van der Waals surface area contributed by atoms with Crippen molar-refractivity contribution >= 4 is 29.3 Å². The maximum atomic E-state index is 13.1. The highest BCUT2D eigenvalue weighted by molar-refractivity contribution is 5.93. The number of halogens is 2. The van der Waals surface area contributed by atoms with Crippen LogP contribution in [0.4, 0.5) is 4.39 Å². The maximum absolute atomic E-state index is 13.1. The SMILES string of the molecule is Cl.O=C(O)c1ccc2nc(OCCN3CCC(F)C3)ccc2c1. The Bertz CT molecular complexity index is 698. The number of hydrogen-bond acceptors (Lipinski definition) is 4.